The minimum Gasteiger partial charge on any atom is -0.369 e. The molecule has 1 saturated carbocycles. The van der Waals surface area contributed by atoms with Gasteiger partial charge in [-0.1, -0.05) is 6.07 Å². The Morgan fingerprint density at radius 3 is 2.79 bits per heavy atom. The Kier molecular flexibility index (Phi) is 4.66. The lowest BCUT2D eigenvalue weighted by molar-refractivity contribution is -0.122. The number of carbonyl (C=O) groups excluding carboxylic acids is 1. The molecule has 0 radical (unpaired) electrons. The van der Waals surface area contributed by atoms with Crippen LogP contribution < -0.4 is 10.6 Å². The highest BCUT2D eigenvalue weighted by atomic mass is 16.2. The summed E-state index contributed by atoms with van der Waals surface area (Å²) < 4.78 is 0. The van der Waals surface area contributed by atoms with Crippen LogP contribution in [0.2, 0.25) is 0 Å². The third-order valence-electron chi connectivity index (χ3n) is 4.30. The van der Waals surface area contributed by atoms with Crippen LogP contribution in [0.3, 0.4) is 0 Å². The molecular weight excluding hydrogens is 300 g/mol. The molecule has 2 aromatic rings. The summed E-state index contributed by atoms with van der Waals surface area (Å²) in [6.07, 6.45) is 2.85. The average molecular weight is 322 g/mol. The first-order chi connectivity index (χ1) is 11.6. The van der Waals surface area contributed by atoms with E-state index >= 15 is 0 Å². The maximum absolute atomic E-state index is 11.6. The molecule has 1 aliphatic rings. The minimum absolute atomic E-state index is 0.169. The van der Waals surface area contributed by atoms with Crippen LogP contribution in [-0.4, -0.2) is 24.0 Å². The number of pyridine rings is 1. The summed E-state index contributed by atoms with van der Waals surface area (Å²) in [4.78, 5) is 16.2. The van der Waals surface area contributed by atoms with E-state index in [0.29, 0.717) is 24.5 Å². The summed E-state index contributed by atoms with van der Waals surface area (Å²) in [5, 5.41) is 16.6. The van der Waals surface area contributed by atoms with Gasteiger partial charge in [0, 0.05) is 24.4 Å². The largest absolute Gasteiger partial charge is 0.369 e. The van der Waals surface area contributed by atoms with Crippen molar-refractivity contribution in [3.8, 4) is 6.07 Å². The second kappa shape index (κ2) is 6.88. The molecule has 0 aliphatic heterocycles. The highest BCUT2D eigenvalue weighted by molar-refractivity contribution is 5.86. The quantitative estimate of drug-likeness (QED) is 0.801. The van der Waals surface area contributed by atoms with Crippen LogP contribution in [-0.2, 0) is 4.79 Å². The fraction of sp³-hybridized carbons (Fsp3) is 0.421. The molecule has 1 fully saturated rings. The molecule has 1 heterocycles. The molecule has 1 aliphatic carbocycles. The Morgan fingerprint density at radius 1 is 1.29 bits per heavy atom. The van der Waals surface area contributed by atoms with Gasteiger partial charge in [-0.05, 0) is 56.4 Å². The second-order valence-electron chi connectivity index (χ2n) is 6.49. The third-order valence-corrected chi connectivity index (χ3v) is 4.30. The Balaban J connectivity index is 1.64. The van der Waals surface area contributed by atoms with E-state index in [1.54, 1.807) is 0 Å². The van der Waals surface area contributed by atoms with Crippen molar-refractivity contribution >= 4 is 22.6 Å². The Hall–Kier alpha value is -2.61. The van der Waals surface area contributed by atoms with E-state index in [9.17, 15) is 10.1 Å². The molecule has 24 heavy (non-hydrogen) atoms. The van der Waals surface area contributed by atoms with Gasteiger partial charge >= 0.3 is 0 Å². The number of amides is 1. The number of nitrogens with one attached hydrogen (secondary N) is 2. The third kappa shape index (κ3) is 3.65. The summed E-state index contributed by atoms with van der Waals surface area (Å²) in [7, 11) is 0. The fourth-order valence-corrected chi connectivity index (χ4v) is 2.85. The summed E-state index contributed by atoms with van der Waals surface area (Å²) in [6.45, 7) is 5.40. The van der Waals surface area contributed by atoms with E-state index in [2.05, 4.69) is 27.8 Å². The zero-order valence-electron chi connectivity index (χ0n) is 14.1. The number of aromatic nitrogens is 1. The average Bonchev–Trinajstić information content (AvgIpc) is 3.38. The number of hydrogen-bond acceptors (Lipinski definition) is 4. The van der Waals surface area contributed by atoms with Crippen molar-refractivity contribution in [1.82, 2.24) is 10.3 Å². The SMILES string of the molecule is Cc1cc(C)c2cc(C#N)c(NCCCNC(=O)C3CC3)nc2c1. The van der Waals surface area contributed by atoms with E-state index in [1.807, 2.05) is 26.0 Å². The number of rotatable bonds is 6. The summed E-state index contributed by atoms with van der Waals surface area (Å²) in [5.41, 5.74) is 3.74. The molecule has 0 saturated heterocycles. The molecule has 0 spiro atoms. The number of anilines is 1. The molecule has 5 nitrogen and oxygen atoms in total. The molecule has 0 bridgehead atoms. The molecule has 0 unspecified atom stereocenters. The molecule has 124 valence electrons. The lowest BCUT2D eigenvalue weighted by Crippen LogP contribution is -2.27. The Bertz CT molecular complexity index is 818. The summed E-state index contributed by atoms with van der Waals surface area (Å²) in [5.74, 6) is 1.03. The van der Waals surface area contributed by atoms with Crippen LogP contribution in [0.5, 0.6) is 0 Å². The van der Waals surface area contributed by atoms with Gasteiger partial charge in [-0.3, -0.25) is 4.79 Å². The summed E-state index contributed by atoms with van der Waals surface area (Å²) >= 11 is 0. The maximum Gasteiger partial charge on any atom is 0.223 e. The number of benzene rings is 1. The van der Waals surface area contributed by atoms with Gasteiger partial charge in [0.2, 0.25) is 5.91 Å². The number of fused-ring (bicyclic) bond motifs is 1. The van der Waals surface area contributed by atoms with Gasteiger partial charge < -0.3 is 10.6 Å². The van der Waals surface area contributed by atoms with Gasteiger partial charge in [0.25, 0.3) is 0 Å². The van der Waals surface area contributed by atoms with Crippen molar-refractivity contribution in [2.45, 2.75) is 33.1 Å². The molecular formula is C19H22N4O. The van der Waals surface area contributed by atoms with Crippen molar-refractivity contribution in [2.24, 2.45) is 5.92 Å². The van der Waals surface area contributed by atoms with E-state index in [1.165, 1.54) is 0 Å². The highest BCUT2D eigenvalue weighted by Gasteiger charge is 2.28. The van der Waals surface area contributed by atoms with Gasteiger partial charge in [-0.25, -0.2) is 4.98 Å². The van der Waals surface area contributed by atoms with Crippen LogP contribution >= 0.6 is 0 Å². The normalized spacial score (nSPS) is 13.5. The van der Waals surface area contributed by atoms with E-state index < -0.39 is 0 Å². The zero-order chi connectivity index (χ0) is 17.1. The predicted molar refractivity (Wildman–Crippen MR) is 94.8 cm³/mol. The number of nitrogens with zero attached hydrogens (tertiary/aromatic N) is 2. The molecule has 0 atom stereocenters. The van der Waals surface area contributed by atoms with Crippen molar-refractivity contribution in [3.63, 3.8) is 0 Å². The highest BCUT2D eigenvalue weighted by Crippen LogP contribution is 2.28. The standard InChI is InChI=1S/C19H22N4O/c1-12-8-13(2)16-10-15(11-20)18(23-17(16)9-12)21-6-3-7-22-19(24)14-4-5-14/h8-10,14H,3-7H2,1-2H3,(H,21,23)(H,22,24). The zero-order valence-corrected chi connectivity index (χ0v) is 14.1. The molecule has 5 heteroatoms. The molecule has 1 amide bonds. The predicted octanol–water partition coefficient (Wildman–Crippen LogP) is 3.05. The van der Waals surface area contributed by atoms with Crippen LogP contribution in [0.1, 0.15) is 36.0 Å². The number of aryl methyl sites for hydroxylation is 2. The summed E-state index contributed by atoms with van der Waals surface area (Å²) in [6, 6.07) is 8.24. The first-order valence-electron chi connectivity index (χ1n) is 8.42. The Labute approximate surface area is 142 Å². The first kappa shape index (κ1) is 16.3. The van der Waals surface area contributed by atoms with Gasteiger partial charge in [-0.15, -0.1) is 0 Å². The molecule has 1 aromatic carbocycles. The number of nitriles is 1. The number of carbonyl (C=O) groups is 1. The fourth-order valence-electron chi connectivity index (χ4n) is 2.85. The van der Waals surface area contributed by atoms with Crippen LogP contribution in [0.15, 0.2) is 18.2 Å². The maximum atomic E-state index is 11.6. The van der Waals surface area contributed by atoms with Gasteiger partial charge in [0.1, 0.15) is 11.9 Å². The molecule has 3 rings (SSSR count). The molecule has 2 N–H and O–H groups in total. The lowest BCUT2D eigenvalue weighted by atomic mass is 10.0. The van der Waals surface area contributed by atoms with Crippen LogP contribution in [0, 0.1) is 31.1 Å². The van der Waals surface area contributed by atoms with Crippen molar-refractivity contribution in [1.29, 1.82) is 5.26 Å². The van der Waals surface area contributed by atoms with Gasteiger partial charge in [0.05, 0.1) is 11.1 Å². The van der Waals surface area contributed by atoms with Crippen molar-refractivity contribution in [3.05, 3.63) is 34.9 Å². The second-order valence-corrected chi connectivity index (χ2v) is 6.49. The monoisotopic (exact) mass is 322 g/mol. The van der Waals surface area contributed by atoms with Crippen LogP contribution in [0.25, 0.3) is 10.9 Å². The van der Waals surface area contributed by atoms with Crippen molar-refractivity contribution < 1.29 is 4.79 Å². The van der Waals surface area contributed by atoms with Crippen LogP contribution in [0.4, 0.5) is 5.82 Å². The first-order valence-corrected chi connectivity index (χ1v) is 8.42. The van der Waals surface area contributed by atoms with Gasteiger partial charge in [0.15, 0.2) is 0 Å². The van der Waals surface area contributed by atoms with Gasteiger partial charge in [-0.2, -0.15) is 5.26 Å². The minimum atomic E-state index is 0.169. The lowest BCUT2D eigenvalue weighted by Gasteiger charge is -2.11. The number of hydrogen-bond donors (Lipinski definition) is 2. The van der Waals surface area contributed by atoms with E-state index in [4.69, 9.17) is 0 Å². The topological polar surface area (TPSA) is 77.8 Å². The van der Waals surface area contributed by atoms with E-state index in [0.717, 1.165) is 41.3 Å². The Morgan fingerprint density at radius 2 is 2.08 bits per heavy atom. The van der Waals surface area contributed by atoms with E-state index in [-0.39, 0.29) is 11.8 Å². The molecule has 1 aromatic heterocycles. The van der Waals surface area contributed by atoms with Crippen molar-refractivity contribution in [2.75, 3.05) is 18.4 Å². The smallest absolute Gasteiger partial charge is 0.223 e.